The minimum Gasteiger partial charge on any atom is -0.756 e. The molecule has 0 aromatic heterocycles. The molecule has 454 valence electrons. The van der Waals surface area contributed by atoms with E-state index in [1.54, 1.807) is 0 Å². The van der Waals surface area contributed by atoms with Gasteiger partial charge in [0.15, 0.2) is 6.10 Å². The summed E-state index contributed by atoms with van der Waals surface area (Å²) in [5, 5.41) is 0. The largest absolute Gasteiger partial charge is 0.756 e. The van der Waals surface area contributed by atoms with Gasteiger partial charge in [-0.3, -0.25) is 14.2 Å². The molecule has 0 N–H and O–H groups in total. The van der Waals surface area contributed by atoms with E-state index in [1.807, 2.05) is 27.2 Å². The molecule has 0 amide bonds. The number of allylic oxidation sites excluding steroid dienone is 24. The fraction of sp³-hybridized carbons (Fsp3) is 0.629. The van der Waals surface area contributed by atoms with E-state index in [1.165, 1.54) is 96.3 Å². The standard InChI is InChI=1S/C70H116NO8P/c1-6-8-10-12-14-16-18-20-22-24-26-28-30-32-34-35-37-39-41-43-45-47-49-51-53-55-57-59-61-63-70(73)79-68(67-78-80(74,75)77-65-64-71(3,4)5)66-76-69(72)62-60-58-56-54-52-50-48-46-44-42-40-38-36-33-31-29-27-25-23-21-19-17-15-13-11-9-7-2/h8,10,14,16,19-22,25-28,31-34,37,39,43,45,49,51,55,57,68H,6-7,9,11-13,15,17-18,23-24,29-30,35-36,38,40-42,44,46-48,50,52-54,56,58-67H2,1-5H3/b10-8-,16-14-,21-19-,22-20-,27-25-,28-26-,33-31-,34-32-,39-37-,45-43-,51-49-,57-55-. The van der Waals surface area contributed by atoms with Gasteiger partial charge in [0, 0.05) is 12.8 Å². The van der Waals surface area contributed by atoms with Crippen LogP contribution < -0.4 is 4.89 Å². The molecule has 0 aromatic carbocycles. The number of quaternary nitrogens is 1. The Morgan fingerprint density at radius 1 is 0.400 bits per heavy atom. The quantitative estimate of drug-likeness (QED) is 0.0195. The number of phosphoric acid groups is 1. The number of hydrogen-bond donors (Lipinski definition) is 0. The molecular weight excluding hydrogens is 1010 g/mol. The summed E-state index contributed by atoms with van der Waals surface area (Å²) >= 11 is 0. The molecule has 0 aliphatic carbocycles. The van der Waals surface area contributed by atoms with Crippen LogP contribution in [0.5, 0.6) is 0 Å². The zero-order valence-corrected chi connectivity index (χ0v) is 52.4. The maximum Gasteiger partial charge on any atom is 0.306 e. The minimum absolute atomic E-state index is 0.0502. The molecule has 0 aliphatic rings. The number of ether oxygens (including phenoxy) is 2. The number of likely N-dealkylation sites (N-methyl/N-ethyl adjacent to an activating group) is 1. The van der Waals surface area contributed by atoms with Crippen molar-refractivity contribution in [3.05, 3.63) is 146 Å². The van der Waals surface area contributed by atoms with Gasteiger partial charge in [-0.25, -0.2) is 0 Å². The van der Waals surface area contributed by atoms with Crippen molar-refractivity contribution >= 4 is 19.8 Å². The first-order chi connectivity index (χ1) is 39.0. The predicted molar refractivity (Wildman–Crippen MR) is 341 cm³/mol. The highest BCUT2D eigenvalue weighted by molar-refractivity contribution is 7.45. The third-order valence-corrected chi connectivity index (χ3v) is 13.8. The Bertz CT molecular complexity index is 1860. The fourth-order valence-corrected chi connectivity index (χ4v) is 8.75. The van der Waals surface area contributed by atoms with Crippen molar-refractivity contribution in [3.63, 3.8) is 0 Å². The molecule has 0 fully saturated rings. The van der Waals surface area contributed by atoms with Gasteiger partial charge >= 0.3 is 11.9 Å². The van der Waals surface area contributed by atoms with Gasteiger partial charge in [0.05, 0.1) is 27.7 Å². The van der Waals surface area contributed by atoms with E-state index in [4.69, 9.17) is 18.5 Å². The van der Waals surface area contributed by atoms with Gasteiger partial charge in [-0.05, 0) is 116 Å². The first-order valence-electron chi connectivity index (χ1n) is 31.5. The van der Waals surface area contributed by atoms with Gasteiger partial charge in [-0.1, -0.05) is 250 Å². The molecule has 0 aliphatic heterocycles. The van der Waals surface area contributed by atoms with Crippen molar-refractivity contribution in [1.29, 1.82) is 0 Å². The molecule has 0 rings (SSSR count). The average Bonchev–Trinajstić information content (AvgIpc) is 3.42. The summed E-state index contributed by atoms with van der Waals surface area (Å²) in [5.74, 6) is -0.914. The second kappa shape index (κ2) is 59.5. The van der Waals surface area contributed by atoms with Crippen molar-refractivity contribution in [2.24, 2.45) is 0 Å². The number of unbranched alkanes of at least 4 members (excludes halogenated alkanes) is 18. The Balaban J connectivity index is 4.28. The molecule has 0 bridgehead atoms. The van der Waals surface area contributed by atoms with Crippen molar-refractivity contribution in [2.45, 2.75) is 238 Å². The normalized spacial score (nSPS) is 14.2. The summed E-state index contributed by atoms with van der Waals surface area (Å²) in [6, 6.07) is 0. The second-order valence-corrected chi connectivity index (χ2v) is 23.1. The van der Waals surface area contributed by atoms with E-state index >= 15 is 0 Å². The molecule has 0 radical (unpaired) electrons. The Hall–Kier alpha value is -4.11. The van der Waals surface area contributed by atoms with Crippen LogP contribution in [0.15, 0.2) is 146 Å². The molecule has 0 heterocycles. The third kappa shape index (κ3) is 63.1. The molecule has 2 atom stereocenters. The maximum atomic E-state index is 12.8. The topological polar surface area (TPSA) is 111 Å². The van der Waals surface area contributed by atoms with Crippen LogP contribution in [0.3, 0.4) is 0 Å². The first-order valence-corrected chi connectivity index (χ1v) is 33.0. The summed E-state index contributed by atoms with van der Waals surface area (Å²) in [7, 11) is 1.11. The van der Waals surface area contributed by atoms with E-state index in [9.17, 15) is 19.0 Å². The van der Waals surface area contributed by atoms with Crippen molar-refractivity contribution in [3.8, 4) is 0 Å². The summed E-state index contributed by atoms with van der Waals surface area (Å²) in [4.78, 5) is 37.9. The number of esters is 2. The van der Waals surface area contributed by atoms with Crippen LogP contribution >= 0.6 is 7.82 Å². The fourth-order valence-electron chi connectivity index (χ4n) is 8.02. The molecule has 0 saturated carbocycles. The number of nitrogens with zero attached hydrogens (tertiary/aromatic N) is 1. The predicted octanol–water partition coefficient (Wildman–Crippen LogP) is 19.6. The van der Waals surface area contributed by atoms with Crippen LogP contribution in [-0.4, -0.2) is 70.0 Å². The van der Waals surface area contributed by atoms with Crippen molar-refractivity contribution in [1.82, 2.24) is 0 Å². The van der Waals surface area contributed by atoms with E-state index in [-0.39, 0.29) is 26.1 Å². The molecule has 9 nitrogen and oxygen atoms in total. The molecule has 2 unspecified atom stereocenters. The molecule has 0 aromatic rings. The number of phosphoric ester groups is 1. The highest BCUT2D eigenvalue weighted by Gasteiger charge is 2.21. The zero-order chi connectivity index (χ0) is 58.4. The summed E-state index contributed by atoms with van der Waals surface area (Å²) in [6.45, 7) is 4.03. The molecule has 0 spiro atoms. The summed E-state index contributed by atoms with van der Waals surface area (Å²) in [6.07, 6.45) is 87.7. The Kier molecular flexibility index (Phi) is 56.5. The second-order valence-electron chi connectivity index (χ2n) is 21.7. The van der Waals surface area contributed by atoms with Gasteiger partial charge in [0.1, 0.15) is 19.8 Å². The first kappa shape index (κ1) is 75.9. The minimum atomic E-state index is -4.67. The highest BCUT2D eigenvalue weighted by Crippen LogP contribution is 2.38. The van der Waals surface area contributed by atoms with Crippen molar-refractivity contribution in [2.75, 3.05) is 47.5 Å². The van der Waals surface area contributed by atoms with Crippen LogP contribution in [0.1, 0.15) is 232 Å². The lowest BCUT2D eigenvalue weighted by Gasteiger charge is -2.28. The van der Waals surface area contributed by atoms with Crippen LogP contribution in [-0.2, 0) is 32.7 Å². The van der Waals surface area contributed by atoms with E-state index < -0.39 is 32.5 Å². The number of carbonyl (C=O) groups is 2. The van der Waals surface area contributed by atoms with Crippen LogP contribution in [0, 0.1) is 0 Å². The molecule has 80 heavy (non-hydrogen) atoms. The lowest BCUT2D eigenvalue weighted by Crippen LogP contribution is -2.37. The number of carbonyl (C=O) groups excluding carboxylic acids is 2. The maximum absolute atomic E-state index is 12.8. The number of rotatable bonds is 56. The average molecular weight is 1130 g/mol. The van der Waals surface area contributed by atoms with Crippen LogP contribution in [0.25, 0.3) is 0 Å². The van der Waals surface area contributed by atoms with E-state index in [0.29, 0.717) is 30.3 Å². The van der Waals surface area contributed by atoms with Crippen molar-refractivity contribution < 1.29 is 42.1 Å². The van der Waals surface area contributed by atoms with Gasteiger partial charge in [-0.15, -0.1) is 0 Å². The van der Waals surface area contributed by atoms with Gasteiger partial charge in [-0.2, -0.15) is 0 Å². The Morgan fingerprint density at radius 3 is 1.10 bits per heavy atom. The van der Waals surface area contributed by atoms with Gasteiger partial charge < -0.3 is 27.9 Å². The summed E-state index contributed by atoms with van der Waals surface area (Å²) < 4.78 is 34.1. The monoisotopic (exact) mass is 1130 g/mol. The van der Waals surface area contributed by atoms with Gasteiger partial charge in [0.2, 0.25) is 0 Å². The molecule has 10 heteroatoms. The lowest BCUT2D eigenvalue weighted by atomic mass is 10.0. The highest BCUT2D eigenvalue weighted by atomic mass is 31.2. The SMILES string of the molecule is CC/C=C\C/C=C\C/C=C\C/C=C\C/C=C\C/C=C\C/C=C\C/C=C\C/C=C\CCCC(=O)OC(COC(=O)CCCCCCCCCCCCCC/C=C\C/C=C\C/C=C\CCCCCCC)COP(=O)([O-])OCC[N+](C)(C)C. The Morgan fingerprint density at radius 2 is 0.725 bits per heavy atom. The molecule has 0 saturated heterocycles. The molecular formula is C70H116NO8P. The number of hydrogen-bond acceptors (Lipinski definition) is 8. The van der Waals surface area contributed by atoms with E-state index in [0.717, 1.165) is 89.9 Å². The Labute approximate surface area is 491 Å². The zero-order valence-electron chi connectivity index (χ0n) is 51.5. The third-order valence-electron chi connectivity index (χ3n) is 12.8. The smallest absolute Gasteiger partial charge is 0.306 e. The van der Waals surface area contributed by atoms with Crippen LogP contribution in [0.2, 0.25) is 0 Å². The lowest BCUT2D eigenvalue weighted by molar-refractivity contribution is -0.870. The van der Waals surface area contributed by atoms with E-state index in [2.05, 4.69) is 154 Å². The van der Waals surface area contributed by atoms with Gasteiger partial charge in [0.25, 0.3) is 7.82 Å². The summed E-state index contributed by atoms with van der Waals surface area (Å²) in [5.41, 5.74) is 0. The van der Waals surface area contributed by atoms with Crippen LogP contribution in [0.4, 0.5) is 0 Å².